The Hall–Kier alpha value is -13.8. The van der Waals surface area contributed by atoms with Gasteiger partial charge in [0.15, 0.2) is 17.5 Å². The van der Waals surface area contributed by atoms with Gasteiger partial charge in [0, 0.05) is 38.2 Å². The van der Waals surface area contributed by atoms with E-state index in [2.05, 4.69) is 240 Å². The van der Waals surface area contributed by atoms with E-state index in [-0.39, 0.29) is 0 Å². The summed E-state index contributed by atoms with van der Waals surface area (Å²) in [4.78, 5) is 17.1. The van der Waals surface area contributed by atoms with Gasteiger partial charge in [-0.2, -0.15) is 15.8 Å². The molecule has 0 aliphatic carbocycles. The van der Waals surface area contributed by atoms with Gasteiger partial charge in [-0.3, -0.25) is 0 Å². The molecule has 8 nitrogen and oxygen atoms in total. The maximum Gasteiger partial charge on any atom is 0.166 e. The predicted molar refractivity (Wildman–Crippen MR) is 397 cm³/mol. The molecule has 3 aromatic heterocycles. The Labute approximate surface area is 566 Å². The topological polar surface area (TPSA) is 120 Å². The van der Waals surface area contributed by atoms with E-state index in [1.165, 1.54) is 0 Å². The van der Waals surface area contributed by atoms with Crippen molar-refractivity contribution >= 4 is 43.6 Å². The molecule has 0 aliphatic rings. The number of fused-ring (bicyclic) bond motifs is 6. The van der Waals surface area contributed by atoms with Crippen molar-refractivity contribution in [3.8, 4) is 142 Å². The molecule has 0 saturated carbocycles. The first kappa shape index (κ1) is 58.0. The number of hydrogen-bond donors (Lipinski definition) is 0. The van der Waals surface area contributed by atoms with Gasteiger partial charge in [0.1, 0.15) is 0 Å². The number of nitriles is 3. The van der Waals surface area contributed by atoms with Crippen molar-refractivity contribution in [3.63, 3.8) is 0 Å². The molecule has 454 valence electrons. The van der Waals surface area contributed by atoms with Gasteiger partial charge in [-0.15, -0.1) is 0 Å². The molecule has 0 amide bonds. The van der Waals surface area contributed by atoms with E-state index in [9.17, 15) is 15.8 Å². The van der Waals surface area contributed by atoms with Gasteiger partial charge in [0.25, 0.3) is 0 Å². The maximum atomic E-state index is 10.5. The third-order valence-corrected chi connectivity index (χ3v) is 18.7. The summed E-state index contributed by atoms with van der Waals surface area (Å²) in [5.41, 5.74) is 23.1. The molecule has 14 aromatic carbocycles. The average Bonchev–Trinajstić information content (AvgIpc) is 1.58. The molecule has 3 heterocycles. The van der Waals surface area contributed by atoms with Crippen LogP contribution in [0.25, 0.3) is 167 Å². The van der Waals surface area contributed by atoms with Crippen LogP contribution in [0, 0.1) is 34.0 Å². The Morgan fingerprint density at radius 1 is 0.214 bits per heavy atom. The lowest BCUT2D eigenvalue weighted by Crippen LogP contribution is -2.06. The zero-order valence-electron chi connectivity index (χ0n) is 52.8. The molecule has 0 radical (unpaired) electrons. The zero-order chi connectivity index (χ0) is 65.6. The second kappa shape index (κ2) is 24.6. The molecule has 0 aliphatic heterocycles. The number of rotatable bonds is 12. The van der Waals surface area contributed by atoms with Crippen LogP contribution in [0.2, 0.25) is 0 Å². The lowest BCUT2D eigenvalue weighted by molar-refractivity contribution is 1.06. The second-order valence-corrected chi connectivity index (χ2v) is 24.5. The first-order valence-corrected chi connectivity index (χ1v) is 32.5. The predicted octanol–water partition coefficient (Wildman–Crippen LogP) is 22.4. The van der Waals surface area contributed by atoms with Crippen molar-refractivity contribution in [2.45, 2.75) is 0 Å². The SMILES string of the molecule is N#Cc1cccc(-c2ccc(-n3c4ccc(-c5ccccc5)cc4c4cc(-c5ccccc5)ccc43)c(-c3nc(-c4cccc(-c5ccccc5C#N)c4)nc(-c4cc(-c5cccc(C#N)c5)ccc4-n4c5ccc(-c6ccccc6)cc5c5cc(-c6ccccc6)ccc54)n3)c2)c1. The van der Waals surface area contributed by atoms with Gasteiger partial charge < -0.3 is 9.13 Å². The second-order valence-electron chi connectivity index (χ2n) is 24.5. The van der Waals surface area contributed by atoms with Gasteiger partial charge in [0.05, 0.1) is 68.3 Å². The fourth-order valence-electron chi connectivity index (χ4n) is 13.9. The van der Waals surface area contributed by atoms with Crippen LogP contribution in [0.4, 0.5) is 0 Å². The average molecular weight is 1250 g/mol. The van der Waals surface area contributed by atoms with Crippen LogP contribution < -0.4 is 0 Å². The van der Waals surface area contributed by atoms with E-state index in [4.69, 9.17) is 15.0 Å². The van der Waals surface area contributed by atoms with Gasteiger partial charge in [-0.1, -0.05) is 218 Å². The van der Waals surface area contributed by atoms with Crippen LogP contribution >= 0.6 is 0 Å². The van der Waals surface area contributed by atoms with Crippen molar-refractivity contribution in [3.05, 3.63) is 344 Å². The fraction of sp³-hybridized carbons (Fsp3) is 0. The smallest absolute Gasteiger partial charge is 0.166 e. The summed E-state index contributed by atoms with van der Waals surface area (Å²) in [5, 5.41) is 35.4. The zero-order valence-corrected chi connectivity index (χ0v) is 52.8. The summed E-state index contributed by atoms with van der Waals surface area (Å²) in [6, 6.07) is 120. The Morgan fingerprint density at radius 2 is 0.531 bits per heavy atom. The summed E-state index contributed by atoms with van der Waals surface area (Å²) >= 11 is 0. The van der Waals surface area contributed by atoms with Crippen LogP contribution in [0.1, 0.15) is 16.7 Å². The van der Waals surface area contributed by atoms with Gasteiger partial charge in [0.2, 0.25) is 0 Å². The van der Waals surface area contributed by atoms with Crippen LogP contribution in [0.15, 0.2) is 328 Å². The number of benzene rings is 14. The summed E-state index contributed by atoms with van der Waals surface area (Å²) in [5.74, 6) is 1.18. The van der Waals surface area contributed by atoms with E-state index in [1.54, 1.807) is 0 Å². The molecule has 0 atom stereocenters. The summed E-state index contributed by atoms with van der Waals surface area (Å²) in [6.45, 7) is 0. The molecule has 17 aromatic rings. The molecular formula is C90H54N8. The molecule has 98 heavy (non-hydrogen) atoms. The largest absolute Gasteiger partial charge is 0.308 e. The van der Waals surface area contributed by atoms with E-state index in [0.717, 1.165) is 133 Å². The van der Waals surface area contributed by atoms with Gasteiger partial charge >= 0.3 is 0 Å². The van der Waals surface area contributed by atoms with E-state index in [1.807, 2.05) is 115 Å². The minimum Gasteiger partial charge on any atom is -0.308 e. The standard InChI is InChI=1S/C90H54N8/c91-55-58-18-15-29-64(46-58)70-38-44-86(97-82-40-34-66(60-20-5-1-6-21-60)49-76(82)77-50-67(35-41-83(77)97)61-22-7-2-8-23-61)80(53-70)89-94-88(73-32-17-31-72(48-73)75-33-14-13-28-74(75)57-93)95-90(96-89)81-54-71(65-30-16-19-59(47-65)56-92)39-45-87(81)98-84-42-36-68(62-24-9-3-10-25-62)51-78(84)79-52-69(37-43-85(79)98)63-26-11-4-12-27-63/h1-54H. The molecule has 0 unspecified atom stereocenters. The van der Waals surface area contributed by atoms with Crippen LogP contribution in [0.5, 0.6) is 0 Å². The van der Waals surface area contributed by atoms with Crippen molar-refractivity contribution < 1.29 is 0 Å². The first-order chi connectivity index (χ1) is 48.4. The van der Waals surface area contributed by atoms with Crippen molar-refractivity contribution in [1.29, 1.82) is 15.8 Å². The molecule has 0 N–H and O–H groups in total. The molecule has 17 rings (SSSR count). The minimum absolute atomic E-state index is 0.392. The van der Waals surface area contributed by atoms with Gasteiger partial charge in [-0.05, 0) is 187 Å². The molecule has 0 fully saturated rings. The third kappa shape index (κ3) is 10.5. The van der Waals surface area contributed by atoms with Crippen molar-refractivity contribution in [1.82, 2.24) is 24.1 Å². The lowest BCUT2D eigenvalue weighted by atomic mass is 9.98. The normalized spacial score (nSPS) is 11.2. The molecular weight excluding hydrogens is 1190 g/mol. The first-order valence-electron chi connectivity index (χ1n) is 32.5. The fourth-order valence-corrected chi connectivity index (χ4v) is 13.9. The lowest BCUT2D eigenvalue weighted by Gasteiger charge is -2.18. The van der Waals surface area contributed by atoms with Gasteiger partial charge in [-0.25, -0.2) is 15.0 Å². The Bertz CT molecular complexity index is 5630. The third-order valence-electron chi connectivity index (χ3n) is 18.7. The Balaban J connectivity index is 0.976. The highest BCUT2D eigenvalue weighted by molar-refractivity contribution is 6.14. The number of hydrogen-bond acceptors (Lipinski definition) is 6. The molecule has 0 spiro atoms. The Kier molecular flexibility index (Phi) is 14.5. The molecule has 0 saturated heterocycles. The van der Waals surface area contributed by atoms with E-state index >= 15 is 0 Å². The number of aromatic nitrogens is 5. The highest BCUT2D eigenvalue weighted by Gasteiger charge is 2.25. The van der Waals surface area contributed by atoms with E-state index < -0.39 is 0 Å². The summed E-state index contributed by atoms with van der Waals surface area (Å²) in [7, 11) is 0. The highest BCUT2D eigenvalue weighted by Crippen LogP contribution is 2.45. The van der Waals surface area contributed by atoms with Crippen LogP contribution in [-0.2, 0) is 0 Å². The van der Waals surface area contributed by atoms with Crippen LogP contribution in [-0.4, -0.2) is 24.1 Å². The Morgan fingerprint density at radius 3 is 0.929 bits per heavy atom. The maximum absolute atomic E-state index is 10.5. The molecule has 8 heteroatoms. The summed E-state index contributed by atoms with van der Waals surface area (Å²) < 4.78 is 4.67. The summed E-state index contributed by atoms with van der Waals surface area (Å²) in [6.07, 6.45) is 0. The monoisotopic (exact) mass is 1250 g/mol. The quantitative estimate of drug-likeness (QED) is 0.120. The highest BCUT2D eigenvalue weighted by atomic mass is 15.1. The molecule has 0 bridgehead atoms. The number of nitrogens with zero attached hydrogens (tertiary/aromatic N) is 8. The van der Waals surface area contributed by atoms with Crippen molar-refractivity contribution in [2.75, 3.05) is 0 Å². The van der Waals surface area contributed by atoms with Crippen LogP contribution in [0.3, 0.4) is 0 Å². The van der Waals surface area contributed by atoms with E-state index in [0.29, 0.717) is 50.9 Å². The van der Waals surface area contributed by atoms with Crippen molar-refractivity contribution in [2.24, 2.45) is 0 Å². The minimum atomic E-state index is 0.392.